The zero-order chi connectivity index (χ0) is 19.5. The van der Waals surface area contributed by atoms with Crippen molar-refractivity contribution in [3.8, 4) is 0 Å². The standard InChI is InChI=1S/C20H29BrN2O3S/c1-2-3-14-27(25,26)23-12-8-16(9-13-23)19(24)22-20(10-5-11-20)17-6-4-7-18(21)15-17/h4,6-7,15-16H,2-3,5,8-14H2,1H3,(H,22,24). The van der Waals surface area contributed by atoms with E-state index in [9.17, 15) is 13.2 Å². The Morgan fingerprint density at radius 2 is 2.00 bits per heavy atom. The van der Waals surface area contributed by atoms with Gasteiger partial charge in [-0.15, -0.1) is 0 Å². The Balaban J connectivity index is 1.59. The summed E-state index contributed by atoms with van der Waals surface area (Å²) >= 11 is 3.52. The lowest BCUT2D eigenvalue weighted by atomic mass is 9.71. The van der Waals surface area contributed by atoms with E-state index >= 15 is 0 Å². The van der Waals surface area contributed by atoms with Crippen molar-refractivity contribution in [1.82, 2.24) is 9.62 Å². The number of unbranched alkanes of at least 4 members (excludes halogenated alkanes) is 1. The van der Waals surface area contributed by atoms with Gasteiger partial charge in [0.15, 0.2) is 0 Å². The maximum absolute atomic E-state index is 12.9. The van der Waals surface area contributed by atoms with Gasteiger partial charge in [0.05, 0.1) is 11.3 Å². The number of hydrogen-bond acceptors (Lipinski definition) is 3. The van der Waals surface area contributed by atoms with E-state index in [1.807, 2.05) is 19.1 Å². The second-order valence-electron chi connectivity index (χ2n) is 7.78. The molecule has 0 bridgehead atoms. The van der Waals surface area contributed by atoms with Gasteiger partial charge in [-0.2, -0.15) is 0 Å². The largest absolute Gasteiger partial charge is 0.346 e. The molecule has 1 aliphatic heterocycles. The van der Waals surface area contributed by atoms with Crippen molar-refractivity contribution in [3.63, 3.8) is 0 Å². The van der Waals surface area contributed by atoms with E-state index in [2.05, 4.69) is 33.4 Å². The van der Waals surface area contributed by atoms with Crippen molar-refractivity contribution in [3.05, 3.63) is 34.3 Å². The van der Waals surface area contributed by atoms with Crippen molar-refractivity contribution >= 4 is 31.9 Å². The van der Waals surface area contributed by atoms with Crippen LogP contribution in [0.25, 0.3) is 0 Å². The summed E-state index contributed by atoms with van der Waals surface area (Å²) < 4.78 is 27.3. The molecule has 0 radical (unpaired) electrons. The summed E-state index contributed by atoms with van der Waals surface area (Å²) in [6.07, 6.45) is 5.80. The molecule has 1 N–H and O–H groups in total. The van der Waals surface area contributed by atoms with Gasteiger partial charge in [-0.05, 0) is 56.2 Å². The Morgan fingerprint density at radius 1 is 1.30 bits per heavy atom. The number of piperidine rings is 1. The summed E-state index contributed by atoms with van der Waals surface area (Å²) in [5.74, 6) is 0.180. The average Bonchev–Trinajstić information content (AvgIpc) is 2.63. The molecule has 1 heterocycles. The van der Waals surface area contributed by atoms with Gasteiger partial charge in [0, 0.05) is 23.5 Å². The van der Waals surface area contributed by atoms with Gasteiger partial charge in [0.2, 0.25) is 15.9 Å². The van der Waals surface area contributed by atoms with Crippen LogP contribution in [-0.4, -0.2) is 37.5 Å². The third-order valence-electron chi connectivity index (χ3n) is 5.92. The number of nitrogens with zero attached hydrogens (tertiary/aromatic N) is 1. The fraction of sp³-hybridized carbons (Fsp3) is 0.650. The first-order valence-electron chi connectivity index (χ1n) is 9.92. The van der Waals surface area contributed by atoms with Crippen LogP contribution in [0.3, 0.4) is 0 Å². The zero-order valence-electron chi connectivity index (χ0n) is 15.9. The van der Waals surface area contributed by atoms with Crippen LogP contribution in [0.2, 0.25) is 0 Å². The van der Waals surface area contributed by atoms with E-state index in [1.54, 1.807) is 4.31 Å². The van der Waals surface area contributed by atoms with Crippen molar-refractivity contribution in [2.75, 3.05) is 18.8 Å². The topological polar surface area (TPSA) is 66.5 Å². The van der Waals surface area contributed by atoms with Crippen LogP contribution in [-0.2, 0) is 20.4 Å². The molecule has 2 fully saturated rings. The molecule has 5 nitrogen and oxygen atoms in total. The molecule has 1 aromatic carbocycles. The lowest BCUT2D eigenvalue weighted by molar-refractivity contribution is -0.129. The van der Waals surface area contributed by atoms with Gasteiger partial charge in [-0.25, -0.2) is 12.7 Å². The van der Waals surface area contributed by atoms with E-state index < -0.39 is 10.0 Å². The number of hydrogen-bond donors (Lipinski definition) is 1. The molecule has 7 heteroatoms. The molecule has 0 aromatic heterocycles. The third kappa shape index (κ3) is 4.74. The molecule has 0 unspecified atom stereocenters. The molecule has 27 heavy (non-hydrogen) atoms. The maximum atomic E-state index is 12.9. The summed E-state index contributed by atoms with van der Waals surface area (Å²) in [5, 5.41) is 3.30. The van der Waals surface area contributed by atoms with Crippen LogP contribution < -0.4 is 5.32 Å². The highest BCUT2D eigenvalue weighted by Gasteiger charge is 2.42. The van der Waals surface area contributed by atoms with E-state index in [0.29, 0.717) is 32.4 Å². The smallest absolute Gasteiger partial charge is 0.223 e. The van der Waals surface area contributed by atoms with E-state index in [0.717, 1.165) is 35.7 Å². The number of benzene rings is 1. The third-order valence-corrected chi connectivity index (χ3v) is 8.37. The number of rotatable bonds is 7. The molecule has 1 saturated heterocycles. The predicted octanol–water partition coefficient (Wildman–Crippen LogP) is 3.79. The molecule has 150 valence electrons. The van der Waals surface area contributed by atoms with E-state index in [4.69, 9.17) is 0 Å². The molecular formula is C20H29BrN2O3S. The molecule has 1 saturated carbocycles. The summed E-state index contributed by atoms with van der Waals surface area (Å²) in [6.45, 7) is 2.90. The monoisotopic (exact) mass is 456 g/mol. The minimum Gasteiger partial charge on any atom is -0.346 e. The number of carbonyl (C=O) groups excluding carboxylic acids is 1. The van der Waals surface area contributed by atoms with Crippen LogP contribution in [0.15, 0.2) is 28.7 Å². The minimum atomic E-state index is -3.17. The van der Waals surface area contributed by atoms with Gasteiger partial charge in [0.1, 0.15) is 0 Å². The van der Waals surface area contributed by atoms with Crippen LogP contribution in [0.4, 0.5) is 0 Å². The molecule has 0 atom stereocenters. The normalized spacial score (nSPS) is 20.8. The molecule has 1 aliphatic carbocycles. The van der Waals surface area contributed by atoms with Gasteiger partial charge in [0.25, 0.3) is 0 Å². The number of carbonyl (C=O) groups is 1. The molecule has 3 rings (SSSR count). The fourth-order valence-electron chi connectivity index (χ4n) is 3.99. The van der Waals surface area contributed by atoms with Crippen LogP contribution in [0.1, 0.15) is 57.4 Å². The predicted molar refractivity (Wildman–Crippen MR) is 111 cm³/mol. The number of sulfonamides is 1. The van der Waals surface area contributed by atoms with Crippen molar-refractivity contribution in [2.24, 2.45) is 5.92 Å². The Hall–Kier alpha value is -0.920. The quantitative estimate of drug-likeness (QED) is 0.678. The number of halogens is 1. The number of nitrogens with one attached hydrogen (secondary N) is 1. The first-order valence-corrected chi connectivity index (χ1v) is 12.3. The van der Waals surface area contributed by atoms with E-state index in [-0.39, 0.29) is 23.1 Å². The van der Waals surface area contributed by atoms with Crippen LogP contribution in [0.5, 0.6) is 0 Å². The molecule has 1 amide bonds. The highest BCUT2D eigenvalue weighted by Crippen LogP contribution is 2.42. The van der Waals surface area contributed by atoms with Gasteiger partial charge in [-0.1, -0.05) is 41.4 Å². The highest BCUT2D eigenvalue weighted by molar-refractivity contribution is 9.10. The zero-order valence-corrected chi connectivity index (χ0v) is 18.3. The second-order valence-corrected chi connectivity index (χ2v) is 10.8. The minimum absolute atomic E-state index is 0.0697. The Morgan fingerprint density at radius 3 is 2.56 bits per heavy atom. The first-order chi connectivity index (χ1) is 12.9. The lowest BCUT2D eigenvalue weighted by Gasteiger charge is -2.44. The molecule has 0 spiro atoms. The summed E-state index contributed by atoms with van der Waals surface area (Å²) in [6, 6.07) is 8.16. The number of amides is 1. The van der Waals surface area contributed by atoms with Crippen molar-refractivity contribution < 1.29 is 13.2 Å². The fourth-order valence-corrected chi connectivity index (χ4v) is 6.07. The van der Waals surface area contributed by atoms with E-state index in [1.165, 1.54) is 0 Å². The molecule has 1 aromatic rings. The van der Waals surface area contributed by atoms with Crippen molar-refractivity contribution in [1.29, 1.82) is 0 Å². The van der Waals surface area contributed by atoms with Gasteiger partial charge >= 0.3 is 0 Å². The summed E-state index contributed by atoms with van der Waals surface area (Å²) in [7, 11) is -3.17. The lowest BCUT2D eigenvalue weighted by Crippen LogP contribution is -2.53. The summed E-state index contributed by atoms with van der Waals surface area (Å²) in [5.41, 5.74) is 0.890. The Labute approximate surface area is 171 Å². The van der Waals surface area contributed by atoms with Gasteiger partial charge in [-0.3, -0.25) is 4.79 Å². The second kappa shape index (κ2) is 8.62. The Bertz CT molecular complexity index is 769. The average molecular weight is 457 g/mol. The first kappa shape index (κ1) is 20.8. The van der Waals surface area contributed by atoms with Crippen LogP contribution >= 0.6 is 15.9 Å². The van der Waals surface area contributed by atoms with Crippen LogP contribution in [0, 0.1) is 5.92 Å². The molecule has 2 aliphatic rings. The molecular weight excluding hydrogens is 428 g/mol. The van der Waals surface area contributed by atoms with Crippen molar-refractivity contribution in [2.45, 2.75) is 57.4 Å². The maximum Gasteiger partial charge on any atom is 0.223 e. The SMILES string of the molecule is CCCCS(=O)(=O)N1CCC(C(=O)NC2(c3cccc(Br)c3)CCC2)CC1. The summed E-state index contributed by atoms with van der Waals surface area (Å²) in [4.78, 5) is 12.9. The Kier molecular flexibility index (Phi) is 6.64. The van der Waals surface area contributed by atoms with Gasteiger partial charge < -0.3 is 5.32 Å². The highest BCUT2D eigenvalue weighted by atomic mass is 79.9.